The van der Waals surface area contributed by atoms with Crippen molar-refractivity contribution in [3.8, 4) is 0 Å². The van der Waals surface area contributed by atoms with E-state index in [1.54, 1.807) is 6.07 Å². The second kappa shape index (κ2) is 5.79. The van der Waals surface area contributed by atoms with Crippen molar-refractivity contribution in [3.63, 3.8) is 0 Å². The van der Waals surface area contributed by atoms with Crippen molar-refractivity contribution in [2.45, 2.75) is 30.9 Å². The first-order valence-electron chi connectivity index (χ1n) is 5.73. The van der Waals surface area contributed by atoms with Gasteiger partial charge in [-0.05, 0) is 12.1 Å². The lowest BCUT2D eigenvalue weighted by Crippen LogP contribution is -2.40. The van der Waals surface area contributed by atoms with E-state index >= 15 is 0 Å². The van der Waals surface area contributed by atoms with Crippen LogP contribution >= 0.6 is 35.0 Å². The van der Waals surface area contributed by atoms with Crippen molar-refractivity contribution >= 4 is 35.0 Å². The molecule has 0 N–H and O–H groups in total. The Morgan fingerprint density at radius 1 is 1.29 bits per heavy atom. The Bertz CT molecular complexity index is 390. The predicted octanol–water partition coefficient (Wildman–Crippen LogP) is 3.71. The highest BCUT2D eigenvalue weighted by Crippen LogP contribution is 2.27. The maximum Gasteiger partial charge on any atom is 0.129 e. The highest BCUT2D eigenvalue weighted by molar-refractivity contribution is 8.00. The minimum Gasteiger partial charge on any atom is -0.295 e. The fourth-order valence-electron chi connectivity index (χ4n) is 2.19. The normalized spacial score (nSPS) is 26.1. The number of thioether (sulfide) groups is 1. The molecule has 1 aromatic rings. The zero-order valence-corrected chi connectivity index (χ0v) is 12.3. The van der Waals surface area contributed by atoms with Gasteiger partial charge in [-0.2, -0.15) is 11.8 Å². The first kappa shape index (κ1) is 13.5. The van der Waals surface area contributed by atoms with E-state index in [-0.39, 0.29) is 0 Å². The van der Waals surface area contributed by atoms with E-state index in [1.165, 1.54) is 0 Å². The average molecular weight is 291 g/mol. The molecule has 1 aliphatic heterocycles. The molecule has 0 radical (unpaired) electrons. The molecule has 0 bridgehead atoms. The van der Waals surface area contributed by atoms with Crippen LogP contribution in [-0.2, 0) is 6.54 Å². The third kappa shape index (κ3) is 3.75. The zero-order chi connectivity index (χ0) is 12.4. The standard InChI is InChI=1S/C12H16Cl2N2S/c1-8-5-16(6-9(2)17-8)7-11-10(13)3-4-12(14)15-11/h3-4,8-9H,5-7H2,1-2H3. The van der Waals surface area contributed by atoms with Gasteiger partial charge >= 0.3 is 0 Å². The molecular formula is C12H16Cl2N2S. The van der Waals surface area contributed by atoms with E-state index in [9.17, 15) is 0 Å². The summed E-state index contributed by atoms with van der Waals surface area (Å²) in [7, 11) is 0. The summed E-state index contributed by atoms with van der Waals surface area (Å²) in [5.74, 6) is 0. The molecule has 0 aromatic carbocycles. The summed E-state index contributed by atoms with van der Waals surface area (Å²) < 4.78 is 0. The van der Waals surface area contributed by atoms with Crippen LogP contribution in [0.25, 0.3) is 0 Å². The molecule has 2 nitrogen and oxygen atoms in total. The Balaban J connectivity index is 2.07. The Morgan fingerprint density at radius 3 is 2.59 bits per heavy atom. The SMILES string of the molecule is CC1CN(Cc2nc(Cl)ccc2Cl)CC(C)S1. The van der Waals surface area contributed by atoms with E-state index in [1.807, 2.05) is 17.8 Å². The van der Waals surface area contributed by atoms with Gasteiger partial charge in [-0.3, -0.25) is 4.90 Å². The summed E-state index contributed by atoms with van der Waals surface area (Å²) in [5, 5.41) is 2.54. The van der Waals surface area contributed by atoms with E-state index in [2.05, 4.69) is 23.7 Å². The van der Waals surface area contributed by atoms with Crippen LogP contribution in [0.4, 0.5) is 0 Å². The first-order valence-corrected chi connectivity index (χ1v) is 7.43. The topological polar surface area (TPSA) is 16.1 Å². The molecule has 2 atom stereocenters. The highest BCUT2D eigenvalue weighted by Gasteiger charge is 2.23. The van der Waals surface area contributed by atoms with Crippen LogP contribution < -0.4 is 0 Å². The summed E-state index contributed by atoms with van der Waals surface area (Å²) in [5.41, 5.74) is 0.880. The van der Waals surface area contributed by atoms with Crippen molar-refractivity contribution in [2.75, 3.05) is 13.1 Å². The molecule has 1 saturated heterocycles. The first-order chi connectivity index (χ1) is 8.04. The number of halogens is 2. The number of hydrogen-bond donors (Lipinski definition) is 0. The molecule has 0 saturated carbocycles. The summed E-state index contributed by atoms with van der Waals surface area (Å²) >= 11 is 14.1. The van der Waals surface area contributed by atoms with Gasteiger partial charge in [0.2, 0.25) is 0 Å². The molecular weight excluding hydrogens is 275 g/mol. The van der Waals surface area contributed by atoms with Crippen LogP contribution in [0.1, 0.15) is 19.5 Å². The van der Waals surface area contributed by atoms with Gasteiger partial charge in [-0.1, -0.05) is 37.0 Å². The average Bonchev–Trinajstić information content (AvgIpc) is 2.22. The quantitative estimate of drug-likeness (QED) is 0.773. The maximum absolute atomic E-state index is 6.14. The fraction of sp³-hybridized carbons (Fsp3) is 0.583. The number of hydrogen-bond acceptors (Lipinski definition) is 3. The number of aromatic nitrogens is 1. The predicted molar refractivity (Wildman–Crippen MR) is 76.0 cm³/mol. The smallest absolute Gasteiger partial charge is 0.129 e. The molecule has 2 unspecified atom stereocenters. The molecule has 2 rings (SSSR count). The lowest BCUT2D eigenvalue weighted by molar-refractivity contribution is 0.260. The van der Waals surface area contributed by atoms with Gasteiger partial charge in [0.05, 0.1) is 10.7 Å². The summed E-state index contributed by atoms with van der Waals surface area (Å²) in [6.45, 7) is 7.48. The molecule has 1 fully saturated rings. The van der Waals surface area contributed by atoms with Crippen molar-refractivity contribution in [3.05, 3.63) is 28.0 Å². The number of nitrogens with zero attached hydrogens (tertiary/aromatic N) is 2. The van der Waals surface area contributed by atoms with Gasteiger partial charge in [-0.15, -0.1) is 0 Å². The number of pyridine rings is 1. The van der Waals surface area contributed by atoms with Gasteiger partial charge in [-0.25, -0.2) is 4.98 Å². The molecule has 1 aromatic heterocycles. The lowest BCUT2D eigenvalue weighted by Gasteiger charge is -2.34. The van der Waals surface area contributed by atoms with Crippen molar-refractivity contribution < 1.29 is 0 Å². The molecule has 0 spiro atoms. The highest BCUT2D eigenvalue weighted by atomic mass is 35.5. The van der Waals surface area contributed by atoms with Crippen LogP contribution in [0.2, 0.25) is 10.2 Å². The van der Waals surface area contributed by atoms with E-state index < -0.39 is 0 Å². The van der Waals surface area contributed by atoms with E-state index in [0.717, 1.165) is 25.3 Å². The summed E-state index contributed by atoms with van der Waals surface area (Å²) in [6, 6.07) is 3.54. The minimum absolute atomic E-state index is 0.511. The van der Waals surface area contributed by atoms with Crippen LogP contribution in [0.15, 0.2) is 12.1 Å². The van der Waals surface area contributed by atoms with E-state index in [4.69, 9.17) is 23.2 Å². The second-order valence-electron chi connectivity index (χ2n) is 4.51. The Hall–Kier alpha value is 0.0400. The minimum atomic E-state index is 0.511. The molecule has 5 heteroatoms. The Kier molecular flexibility index (Phi) is 4.59. The summed E-state index contributed by atoms with van der Waals surface area (Å²) in [4.78, 5) is 6.70. The third-order valence-corrected chi connectivity index (χ3v) is 4.54. The molecule has 0 aliphatic carbocycles. The third-order valence-electron chi connectivity index (χ3n) is 2.75. The van der Waals surface area contributed by atoms with Gasteiger partial charge < -0.3 is 0 Å². The van der Waals surface area contributed by atoms with Gasteiger partial charge in [0.25, 0.3) is 0 Å². The lowest BCUT2D eigenvalue weighted by atomic mass is 10.2. The molecule has 0 amide bonds. The van der Waals surface area contributed by atoms with Gasteiger partial charge in [0, 0.05) is 30.1 Å². The number of rotatable bonds is 2. The monoisotopic (exact) mass is 290 g/mol. The van der Waals surface area contributed by atoms with Crippen molar-refractivity contribution in [2.24, 2.45) is 0 Å². The van der Waals surface area contributed by atoms with Crippen molar-refractivity contribution in [1.29, 1.82) is 0 Å². The van der Waals surface area contributed by atoms with Crippen molar-refractivity contribution in [1.82, 2.24) is 9.88 Å². The second-order valence-corrected chi connectivity index (χ2v) is 7.19. The molecule has 2 heterocycles. The van der Waals surface area contributed by atoms with Crippen LogP contribution in [0.3, 0.4) is 0 Å². The van der Waals surface area contributed by atoms with Crippen LogP contribution in [0.5, 0.6) is 0 Å². The van der Waals surface area contributed by atoms with Crippen LogP contribution in [-0.4, -0.2) is 33.5 Å². The molecule has 17 heavy (non-hydrogen) atoms. The summed E-state index contributed by atoms with van der Waals surface area (Å²) in [6.07, 6.45) is 0. The maximum atomic E-state index is 6.14. The van der Waals surface area contributed by atoms with Gasteiger partial charge in [0.1, 0.15) is 5.15 Å². The van der Waals surface area contributed by atoms with Gasteiger partial charge in [0.15, 0.2) is 0 Å². The largest absolute Gasteiger partial charge is 0.295 e. The van der Waals surface area contributed by atoms with E-state index in [0.29, 0.717) is 20.7 Å². The van der Waals surface area contributed by atoms with Crippen LogP contribution in [0, 0.1) is 0 Å². The Morgan fingerprint density at radius 2 is 1.94 bits per heavy atom. The zero-order valence-electron chi connectivity index (χ0n) is 9.99. The molecule has 94 valence electrons. The fourth-order valence-corrected chi connectivity index (χ4v) is 3.91. The molecule has 1 aliphatic rings. The Labute approximate surface area is 117 Å².